The Bertz CT molecular complexity index is 1300. The average Bonchev–Trinajstić information content (AvgIpc) is 2.89. The molecular formula is C27H29N5O3S. The molecule has 0 aliphatic rings. The molecule has 0 radical (unpaired) electrons. The largest absolute Gasteiger partial charge is 0.307 e. The zero-order chi connectivity index (χ0) is 25.2. The van der Waals surface area contributed by atoms with Gasteiger partial charge in [0, 0.05) is 38.2 Å². The highest BCUT2D eigenvalue weighted by atomic mass is 32.2. The number of rotatable bonds is 12. The molecule has 9 heteroatoms. The third-order valence-electron chi connectivity index (χ3n) is 5.69. The molecule has 4 aromatic rings. The molecule has 3 heterocycles. The smallest absolute Gasteiger partial charge is 0.269 e. The van der Waals surface area contributed by atoms with E-state index < -0.39 is 10.1 Å². The predicted molar refractivity (Wildman–Crippen MR) is 138 cm³/mol. The maximum Gasteiger partial charge on any atom is 0.269 e. The van der Waals surface area contributed by atoms with E-state index in [4.69, 9.17) is 4.55 Å². The lowest BCUT2D eigenvalue weighted by Crippen LogP contribution is -2.26. The van der Waals surface area contributed by atoms with Crippen LogP contribution in [-0.4, -0.2) is 34.5 Å². The molecule has 0 saturated heterocycles. The van der Waals surface area contributed by atoms with E-state index in [0.29, 0.717) is 18.7 Å². The van der Waals surface area contributed by atoms with Gasteiger partial charge in [-0.15, -0.1) is 0 Å². The second-order valence-corrected chi connectivity index (χ2v) is 9.85. The lowest BCUT2D eigenvalue weighted by atomic mass is 10.1. The summed E-state index contributed by atoms with van der Waals surface area (Å²) < 4.78 is 31.0. The van der Waals surface area contributed by atoms with E-state index in [1.807, 2.05) is 54.6 Å². The zero-order valence-electron chi connectivity index (χ0n) is 19.8. The predicted octanol–water partition coefficient (Wildman–Crippen LogP) is 3.47. The van der Waals surface area contributed by atoms with Gasteiger partial charge in [0.05, 0.1) is 23.1 Å². The Morgan fingerprint density at radius 1 is 0.750 bits per heavy atom. The fraction of sp³-hybridized carbons (Fsp3) is 0.222. The summed E-state index contributed by atoms with van der Waals surface area (Å²) in [6.07, 6.45) is 6.17. The van der Waals surface area contributed by atoms with Crippen LogP contribution in [0.5, 0.6) is 0 Å². The summed E-state index contributed by atoms with van der Waals surface area (Å²) in [5.74, 6) is -0.381. The minimum absolute atomic E-state index is 0.102. The Labute approximate surface area is 211 Å². The molecule has 0 amide bonds. The second-order valence-electron chi connectivity index (χ2n) is 8.40. The Morgan fingerprint density at radius 3 is 2.00 bits per heavy atom. The van der Waals surface area contributed by atoms with Crippen molar-refractivity contribution in [2.24, 2.45) is 0 Å². The van der Waals surface area contributed by atoms with E-state index in [9.17, 15) is 8.42 Å². The molecule has 8 nitrogen and oxygen atoms in total. The first-order valence-electron chi connectivity index (χ1n) is 11.7. The summed E-state index contributed by atoms with van der Waals surface area (Å²) in [4.78, 5) is 13.6. The van der Waals surface area contributed by atoms with Crippen molar-refractivity contribution in [2.45, 2.75) is 31.3 Å². The highest BCUT2D eigenvalue weighted by Gasteiger charge is 2.16. The maximum absolute atomic E-state index is 11.0. The highest BCUT2D eigenvalue weighted by Crippen LogP contribution is 2.18. The van der Waals surface area contributed by atoms with Crippen molar-refractivity contribution >= 4 is 10.1 Å². The molecule has 0 unspecified atom stereocenters. The van der Waals surface area contributed by atoms with Crippen LogP contribution in [-0.2, 0) is 35.4 Å². The van der Waals surface area contributed by atoms with Gasteiger partial charge in [0.1, 0.15) is 5.75 Å². The van der Waals surface area contributed by atoms with Crippen LogP contribution in [0.1, 0.15) is 39.8 Å². The van der Waals surface area contributed by atoms with Crippen molar-refractivity contribution in [3.05, 3.63) is 125 Å². The summed E-state index contributed by atoms with van der Waals surface area (Å²) in [5, 5.41) is 7.00. The molecule has 3 N–H and O–H groups in total. The Balaban J connectivity index is 1.33. The number of nitrogens with one attached hydrogen (secondary N) is 2. The molecular weight excluding hydrogens is 474 g/mol. The van der Waals surface area contributed by atoms with Crippen LogP contribution in [0.4, 0.5) is 0 Å². The fourth-order valence-electron chi connectivity index (χ4n) is 3.95. The molecule has 0 bridgehead atoms. The minimum Gasteiger partial charge on any atom is -0.307 e. The van der Waals surface area contributed by atoms with Crippen molar-refractivity contribution in [3.63, 3.8) is 0 Å². The molecule has 1 aromatic carbocycles. The highest BCUT2D eigenvalue weighted by molar-refractivity contribution is 7.85. The number of pyridine rings is 3. The van der Waals surface area contributed by atoms with Crippen molar-refractivity contribution < 1.29 is 13.0 Å². The van der Waals surface area contributed by atoms with Gasteiger partial charge in [-0.2, -0.15) is 8.42 Å². The van der Waals surface area contributed by atoms with E-state index in [2.05, 4.69) is 31.7 Å². The lowest BCUT2D eigenvalue weighted by Gasteiger charge is -2.18. The molecule has 36 heavy (non-hydrogen) atoms. The van der Waals surface area contributed by atoms with E-state index in [1.165, 1.54) is 0 Å². The SMILES string of the molecule is O=S(=O)(O)Cc1ccc(CNCc2ncccc2CCNC(c2ccccn2)c2ccccn2)cc1. The third kappa shape index (κ3) is 7.76. The van der Waals surface area contributed by atoms with Crippen molar-refractivity contribution in [3.8, 4) is 0 Å². The minimum atomic E-state index is -4.03. The maximum atomic E-state index is 11.0. The Morgan fingerprint density at radius 2 is 1.39 bits per heavy atom. The quantitative estimate of drug-likeness (QED) is 0.252. The van der Waals surface area contributed by atoms with Crippen LogP contribution in [0.2, 0.25) is 0 Å². The van der Waals surface area contributed by atoms with E-state index in [0.717, 1.165) is 41.2 Å². The topological polar surface area (TPSA) is 117 Å². The zero-order valence-corrected chi connectivity index (χ0v) is 20.6. The fourth-order valence-corrected chi connectivity index (χ4v) is 4.57. The van der Waals surface area contributed by atoms with E-state index in [-0.39, 0.29) is 11.8 Å². The molecule has 3 aromatic heterocycles. The molecule has 0 aliphatic carbocycles. The van der Waals surface area contributed by atoms with E-state index >= 15 is 0 Å². The summed E-state index contributed by atoms with van der Waals surface area (Å²) in [6, 6.07) is 22.8. The van der Waals surface area contributed by atoms with Crippen LogP contribution in [0.3, 0.4) is 0 Å². The van der Waals surface area contributed by atoms with Crippen LogP contribution in [0.25, 0.3) is 0 Å². The number of hydrogen-bond acceptors (Lipinski definition) is 7. The van der Waals surface area contributed by atoms with E-state index in [1.54, 1.807) is 30.7 Å². The second kappa shape index (κ2) is 12.5. The molecule has 0 spiro atoms. The number of benzene rings is 1. The average molecular weight is 504 g/mol. The summed E-state index contributed by atoms with van der Waals surface area (Å²) in [6.45, 7) is 1.94. The van der Waals surface area contributed by atoms with Gasteiger partial charge in [-0.05, 0) is 53.4 Å². The first-order chi connectivity index (χ1) is 17.5. The Hall–Kier alpha value is -3.50. The molecule has 0 atom stereocenters. The summed E-state index contributed by atoms with van der Waals surface area (Å²) >= 11 is 0. The van der Waals surface area contributed by atoms with Gasteiger partial charge in [-0.3, -0.25) is 19.5 Å². The van der Waals surface area contributed by atoms with Gasteiger partial charge < -0.3 is 10.6 Å². The van der Waals surface area contributed by atoms with Crippen LogP contribution < -0.4 is 10.6 Å². The van der Waals surface area contributed by atoms with Gasteiger partial charge in [0.15, 0.2) is 0 Å². The molecule has 4 rings (SSSR count). The van der Waals surface area contributed by atoms with Crippen molar-refractivity contribution in [1.29, 1.82) is 0 Å². The van der Waals surface area contributed by atoms with Gasteiger partial charge in [-0.25, -0.2) is 0 Å². The molecule has 0 saturated carbocycles. The number of nitrogens with zero attached hydrogens (tertiary/aromatic N) is 3. The number of aromatic nitrogens is 3. The Kier molecular flexibility index (Phi) is 8.85. The molecule has 186 valence electrons. The van der Waals surface area contributed by atoms with Crippen molar-refractivity contribution in [1.82, 2.24) is 25.6 Å². The standard InChI is InChI=1S/C27H29N5O3S/c33-36(34,35)20-22-11-9-21(10-12-22)18-28-19-26-23(6-5-16-31-26)13-17-32-27(24-7-1-3-14-29-24)25-8-2-4-15-30-25/h1-12,14-16,27-28,32H,13,17-20H2,(H,33,34,35). The normalized spacial score (nSPS) is 11.6. The lowest BCUT2D eigenvalue weighted by molar-refractivity contribution is 0.482. The van der Waals surface area contributed by atoms with Crippen LogP contribution >= 0.6 is 0 Å². The molecule has 0 aliphatic heterocycles. The van der Waals surface area contributed by atoms with Crippen molar-refractivity contribution in [2.75, 3.05) is 6.54 Å². The first kappa shape index (κ1) is 25.6. The molecule has 0 fully saturated rings. The van der Waals surface area contributed by atoms with Gasteiger partial charge in [0.2, 0.25) is 0 Å². The monoisotopic (exact) mass is 503 g/mol. The van der Waals surface area contributed by atoms with Gasteiger partial charge in [0.25, 0.3) is 10.1 Å². The van der Waals surface area contributed by atoms with Crippen LogP contribution in [0.15, 0.2) is 91.4 Å². The van der Waals surface area contributed by atoms with Gasteiger partial charge in [-0.1, -0.05) is 42.5 Å². The number of hydrogen-bond donors (Lipinski definition) is 3. The van der Waals surface area contributed by atoms with Gasteiger partial charge >= 0.3 is 0 Å². The van der Waals surface area contributed by atoms with Crippen LogP contribution in [0, 0.1) is 0 Å². The third-order valence-corrected chi connectivity index (χ3v) is 6.39. The summed E-state index contributed by atoms with van der Waals surface area (Å²) in [5.41, 5.74) is 5.55. The first-order valence-corrected chi connectivity index (χ1v) is 13.3. The summed E-state index contributed by atoms with van der Waals surface area (Å²) in [7, 11) is -4.03.